The standard InChI is InChI=1S/C14H26BrNO/c1-4-6-12(3)13(17)16-14(10-15)8-5-7-11(2)9-14/h11-12H,4-10H2,1-3H3,(H,16,17). The van der Waals surface area contributed by atoms with Gasteiger partial charge in [0, 0.05) is 16.8 Å². The minimum absolute atomic E-state index is 0.0107. The predicted molar refractivity (Wildman–Crippen MR) is 76.4 cm³/mol. The van der Waals surface area contributed by atoms with Crippen molar-refractivity contribution >= 4 is 21.8 Å². The van der Waals surface area contributed by atoms with Gasteiger partial charge >= 0.3 is 0 Å². The third-order valence-electron chi connectivity index (χ3n) is 3.90. The normalized spacial score (nSPS) is 30.9. The Balaban J connectivity index is 2.58. The van der Waals surface area contributed by atoms with E-state index in [-0.39, 0.29) is 17.4 Å². The Hall–Kier alpha value is -0.0500. The van der Waals surface area contributed by atoms with Crippen molar-refractivity contribution in [3.63, 3.8) is 0 Å². The van der Waals surface area contributed by atoms with E-state index in [4.69, 9.17) is 0 Å². The van der Waals surface area contributed by atoms with Crippen LogP contribution in [0.5, 0.6) is 0 Å². The van der Waals surface area contributed by atoms with Gasteiger partial charge in [0.1, 0.15) is 0 Å². The molecule has 2 nitrogen and oxygen atoms in total. The quantitative estimate of drug-likeness (QED) is 0.767. The highest BCUT2D eigenvalue weighted by Gasteiger charge is 2.35. The molecule has 3 atom stereocenters. The molecule has 1 aliphatic carbocycles. The van der Waals surface area contributed by atoms with Gasteiger partial charge in [-0.05, 0) is 25.2 Å². The third-order valence-corrected chi connectivity index (χ3v) is 4.98. The van der Waals surface area contributed by atoms with Crippen molar-refractivity contribution < 1.29 is 4.79 Å². The molecule has 1 aliphatic rings. The Kier molecular flexibility index (Phi) is 5.98. The molecule has 0 spiro atoms. The van der Waals surface area contributed by atoms with Crippen molar-refractivity contribution in [2.75, 3.05) is 5.33 Å². The van der Waals surface area contributed by atoms with Crippen LogP contribution in [0.3, 0.4) is 0 Å². The highest BCUT2D eigenvalue weighted by molar-refractivity contribution is 9.09. The van der Waals surface area contributed by atoms with Crippen LogP contribution in [0.2, 0.25) is 0 Å². The first-order chi connectivity index (χ1) is 8.03. The lowest BCUT2D eigenvalue weighted by atomic mass is 9.77. The maximum atomic E-state index is 12.1. The first kappa shape index (κ1) is 15.0. The fourth-order valence-electron chi connectivity index (χ4n) is 2.88. The molecular formula is C14H26BrNO. The van der Waals surface area contributed by atoms with Crippen LogP contribution in [0.15, 0.2) is 0 Å². The lowest BCUT2D eigenvalue weighted by molar-refractivity contribution is -0.127. The van der Waals surface area contributed by atoms with Crippen molar-refractivity contribution in [1.29, 1.82) is 0 Å². The van der Waals surface area contributed by atoms with Gasteiger partial charge in [0.2, 0.25) is 5.91 Å². The second-order valence-electron chi connectivity index (χ2n) is 5.79. The van der Waals surface area contributed by atoms with Crippen LogP contribution < -0.4 is 5.32 Å². The molecule has 1 rings (SSSR count). The summed E-state index contributed by atoms with van der Waals surface area (Å²) < 4.78 is 0. The Morgan fingerprint density at radius 3 is 2.82 bits per heavy atom. The summed E-state index contributed by atoms with van der Waals surface area (Å²) in [5.74, 6) is 1.11. The summed E-state index contributed by atoms with van der Waals surface area (Å²) in [7, 11) is 0. The van der Waals surface area contributed by atoms with Crippen LogP contribution in [0.1, 0.15) is 59.3 Å². The van der Waals surface area contributed by atoms with Crippen LogP contribution >= 0.6 is 15.9 Å². The second kappa shape index (κ2) is 6.77. The average molecular weight is 304 g/mol. The maximum absolute atomic E-state index is 12.1. The molecule has 17 heavy (non-hydrogen) atoms. The van der Waals surface area contributed by atoms with Crippen molar-refractivity contribution in [1.82, 2.24) is 5.32 Å². The Morgan fingerprint density at radius 1 is 1.59 bits per heavy atom. The number of rotatable bonds is 5. The van der Waals surface area contributed by atoms with E-state index in [1.165, 1.54) is 12.8 Å². The summed E-state index contributed by atoms with van der Waals surface area (Å²) in [6.07, 6.45) is 6.83. The minimum atomic E-state index is 0.0107. The summed E-state index contributed by atoms with van der Waals surface area (Å²) >= 11 is 3.60. The summed E-state index contributed by atoms with van der Waals surface area (Å²) in [4.78, 5) is 12.1. The lowest BCUT2D eigenvalue weighted by Crippen LogP contribution is -2.53. The fourth-order valence-corrected chi connectivity index (χ4v) is 3.53. The first-order valence-corrected chi connectivity index (χ1v) is 8.03. The summed E-state index contributed by atoms with van der Waals surface area (Å²) in [5, 5.41) is 4.20. The predicted octanol–water partition coefficient (Wildman–Crippen LogP) is 3.88. The van der Waals surface area contributed by atoms with Gasteiger partial charge < -0.3 is 5.32 Å². The highest BCUT2D eigenvalue weighted by Crippen LogP contribution is 2.33. The molecule has 0 aromatic rings. The van der Waals surface area contributed by atoms with Gasteiger partial charge in [0.05, 0.1) is 0 Å². The lowest BCUT2D eigenvalue weighted by Gasteiger charge is -2.40. The van der Waals surface area contributed by atoms with E-state index in [2.05, 4.69) is 35.1 Å². The van der Waals surface area contributed by atoms with Gasteiger partial charge in [-0.25, -0.2) is 0 Å². The molecule has 3 heteroatoms. The Morgan fingerprint density at radius 2 is 2.29 bits per heavy atom. The van der Waals surface area contributed by atoms with Gasteiger partial charge in [-0.2, -0.15) is 0 Å². The molecular weight excluding hydrogens is 278 g/mol. The van der Waals surface area contributed by atoms with Gasteiger partial charge in [0.15, 0.2) is 0 Å². The highest BCUT2D eigenvalue weighted by atomic mass is 79.9. The topological polar surface area (TPSA) is 29.1 Å². The molecule has 0 radical (unpaired) electrons. The molecule has 1 saturated carbocycles. The number of hydrogen-bond acceptors (Lipinski definition) is 1. The van der Waals surface area contributed by atoms with E-state index in [0.29, 0.717) is 0 Å². The van der Waals surface area contributed by atoms with Gasteiger partial charge in [0.25, 0.3) is 0 Å². The second-order valence-corrected chi connectivity index (χ2v) is 6.36. The molecule has 3 unspecified atom stereocenters. The van der Waals surface area contributed by atoms with E-state index in [1.54, 1.807) is 0 Å². The zero-order chi connectivity index (χ0) is 12.9. The number of hydrogen-bond donors (Lipinski definition) is 1. The van der Waals surface area contributed by atoms with E-state index in [9.17, 15) is 4.79 Å². The zero-order valence-corrected chi connectivity index (χ0v) is 13.0. The van der Waals surface area contributed by atoms with Crippen molar-refractivity contribution in [2.24, 2.45) is 11.8 Å². The number of carbonyl (C=O) groups excluding carboxylic acids is 1. The average Bonchev–Trinajstić information content (AvgIpc) is 2.29. The molecule has 1 fully saturated rings. The van der Waals surface area contributed by atoms with Gasteiger partial charge in [-0.15, -0.1) is 0 Å². The maximum Gasteiger partial charge on any atom is 0.223 e. The molecule has 1 N–H and O–H groups in total. The Labute approximate surface area is 114 Å². The monoisotopic (exact) mass is 303 g/mol. The van der Waals surface area contributed by atoms with Crippen LogP contribution in [0.4, 0.5) is 0 Å². The molecule has 0 aromatic heterocycles. The number of alkyl halides is 1. The van der Waals surface area contributed by atoms with Gasteiger partial charge in [-0.3, -0.25) is 4.79 Å². The van der Waals surface area contributed by atoms with Gasteiger partial charge in [-0.1, -0.05) is 56.0 Å². The van der Waals surface area contributed by atoms with E-state index >= 15 is 0 Å². The fraction of sp³-hybridized carbons (Fsp3) is 0.929. The molecule has 100 valence electrons. The molecule has 0 bridgehead atoms. The largest absolute Gasteiger partial charge is 0.350 e. The molecule has 0 heterocycles. The number of halogens is 1. The zero-order valence-electron chi connectivity index (χ0n) is 11.4. The SMILES string of the molecule is CCCC(C)C(=O)NC1(CBr)CCCC(C)C1. The van der Waals surface area contributed by atoms with E-state index in [1.807, 2.05) is 6.92 Å². The van der Waals surface area contributed by atoms with Crippen molar-refractivity contribution in [3.05, 3.63) is 0 Å². The number of nitrogens with one attached hydrogen (secondary N) is 1. The van der Waals surface area contributed by atoms with Crippen LogP contribution in [0.25, 0.3) is 0 Å². The smallest absolute Gasteiger partial charge is 0.223 e. The summed E-state index contributed by atoms with van der Waals surface area (Å²) in [5.41, 5.74) is 0.0107. The molecule has 0 aromatic carbocycles. The van der Waals surface area contributed by atoms with E-state index in [0.717, 1.165) is 36.9 Å². The number of amides is 1. The first-order valence-electron chi connectivity index (χ1n) is 6.91. The van der Waals surface area contributed by atoms with Crippen LogP contribution in [-0.4, -0.2) is 16.8 Å². The molecule has 0 saturated heterocycles. The minimum Gasteiger partial charge on any atom is -0.350 e. The van der Waals surface area contributed by atoms with Crippen LogP contribution in [-0.2, 0) is 4.79 Å². The van der Waals surface area contributed by atoms with Crippen LogP contribution in [0, 0.1) is 11.8 Å². The summed E-state index contributed by atoms with van der Waals surface area (Å²) in [6, 6.07) is 0. The summed E-state index contributed by atoms with van der Waals surface area (Å²) in [6.45, 7) is 6.46. The van der Waals surface area contributed by atoms with Crippen molar-refractivity contribution in [2.45, 2.75) is 64.8 Å². The molecule has 0 aliphatic heterocycles. The number of carbonyl (C=O) groups is 1. The molecule has 1 amide bonds. The van der Waals surface area contributed by atoms with E-state index < -0.39 is 0 Å². The van der Waals surface area contributed by atoms with Crippen molar-refractivity contribution in [3.8, 4) is 0 Å². The Bertz CT molecular complexity index is 257. The third kappa shape index (κ3) is 4.27.